The lowest BCUT2D eigenvalue weighted by Crippen LogP contribution is -2.30. The average molecular weight is 416 g/mol. The van der Waals surface area contributed by atoms with Crippen LogP contribution in [-0.2, 0) is 27.9 Å². The van der Waals surface area contributed by atoms with Crippen LogP contribution >= 0.6 is 12.2 Å². The lowest BCUT2D eigenvalue weighted by molar-refractivity contribution is -0.121. The van der Waals surface area contributed by atoms with Crippen molar-refractivity contribution in [3.8, 4) is 0 Å². The second-order valence-electron chi connectivity index (χ2n) is 5.85. The second kappa shape index (κ2) is 9.20. The fourth-order valence-corrected chi connectivity index (χ4v) is 3.94. The lowest BCUT2D eigenvalue weighted by atomic mass is 10.3. The number of H-pyrrole nitrogens is 1. The molecule has 0 atom stereocenters. The van der Waals surface area contributed by atoms with Gasteiger partial charge in [-0.25, -0.2) is 17.1 Å². The highest BCUT2D eigenvalue weighted by Crippen LogP contribution is 2.15. The van der Waals surface area contributed by atoms with Crippen molar-refractivity contribution in [2.75, 3.05) is 13.6 Å². The fourth-order valence-electron chi connectivity index (χ4n) is 2.45. The summed E-state index contributed by atoms with van der Waals surface area (Å²) in [4.78, 5) is 12.0. The molecule has 0 aliphatic rings. The average Bonchev–Trinajstić information content (AvgIpc) is 2.99. The molecule has 148 valence electrons. The Kier molecular flexibility index (Phi) is 7.22. The minimum Gasteiger partial charge on any atom is -0.349 e. The molecule has 0 saturated heterocycles. The van der Waals surface area contributed by atoms with Crippen molar-refractivity contribution < 1.29 is 17.6 Å². The van der Waals surface area contributed by atoms with Gasteiger partial charge in [0.15, 0.2) is 10.6 Å². The van der Waals surface area contributed by atoms with Gasteiger partial charge in [-0.3, -0.25) is 9.89 Å². The van der Waals surface area contributed by atoms with Gasteiger partial charge in [-0.2, -0.15) is 5.10 Å². The zero-order chi connectivity index (χ0) is 20.0. The number of carbonyl (C=O) groups is 1. The molecule has 0 spiro atoms. The van der Waals surface area contributed by atoms with E-state index in [0.717, 1.165) is 16.4 Å². The van der Waals surface area contributed by atoms with Gasteiger partial charge < -0.3 is 9.88 Å². The van der Waals surface area contributed by atoms with E-state index in [1.54, 1.807) is 4.57 Å². The SMILES string of the molecule is CCn1c(CNC(=O)CCCN(C)S(=O)(=O)c2ccc(F)cc2)n[nH]c1=S. The van der Waals surface area contributed by atoms with E-state index in [9.17, 15) is 17.6 Å². The number of carbonyl (C=O) groups excluding carboxylic acids is 1. The number of benzene rings is 1. The van der Waals surface area contributed by atoms with E-state index >= 15 is 0 Å². The molecule has 0 saturated carbocycles. The summed E-state index contributed by atoms with van der Waals surface area (Å²) in [5.74, 6) is -0.0799. The summed E-state index contributed by atoms with van der Waals surface area (Å²) < 4.78 is 41.1. The molecule has 8 nitrogen and oxygen atoms in total. The third-order valence-electron chi connectivity index (χ3n) is 4.00. The zero-order valence-electron chi connectivity index (χ0n) is 15.1. The molecule has 11 heteroatoms. The number of hydrogen-bond acceptors (Lipinski definition) is 5. The monoisotopic (exact) mass is 415 g/mol. The van der Waals surface area contributed by atoms with Crippen molar-refractivity contribution in [2.24, 2.45) is 0 Å². The van der Waals surface area contributed by atoms with Crippen molar-refractivity contribution in [3.05, 3.63) is 40.7 Å². The number of rotatable bonds is 9. The van der Waals surface area contributed by atoms with Crippen LogP contribution in [0.2, 0.25) is 0 Å². The quantitative estimate of drug-likeness (QED) is 0.609. The fraction of sp³-hybridized carbons (Fsp3) is 0.438. The van der Waals surface area contributed by atoms with Crippen molar-refractivity contribution >= 4 is 28.1 Å². The molecule has 0 fully saturated rings. The lowest BCUT2D eigenvalue weighted by Gasteiger charge is -2.17. The first kappa shape index (κ1) is 21.2. The molecule has 2 N–H and O–H groups in total. The standard InChI is InChI=1S/C16H22FN5O3S2/c1-3-22-14(19-20-16(22)26)11-18-15(23)5-4-10-21(2)27(24,25)13-8-6-12(17)7-9-13/h6-9H,3-5,10-11H2,1-2H3,(H,18,23)(H,20,26). The Morgan fingerprint density at radius 1 is 1.37 bits per heavy atom. The number of nitrogens with zero attached hydrogens (tertiary/aromatic N) is 3. The van der Waals surface area contributed by atoms with E-state index in [4.69, 9.17) is 12.2 Å². The molecule has 1 amide bonds. The Bertz CT molecular complexity index is 938. The van der Waals surface area contributed by atoms with E-state index in [1.165, 1.54) is 19.2 Å². The third-order valence-corrected chi connectivity index (χ3v) is 6.18. The highest BCUT2D eigenvalue weighted by molar-refractivity contribution is 7.89. The topological polar surface area (TPSA) is 100 Å². The summed E-state index contributed by atoms with van der Waals surface area (Å²) in [5, 5.41) is 9.47. The summed E-state index contributed by atoms with van der Waals surface area (Å²) >= 11 is 5.08. The molecular weight excluding hydrogens is 393 g/mol. The normalized spacial score (nSPS) is 11.7. The maximum atomic E-state index is 12.9. The number of aromatic amines is 1. The summed E-state index contributed by atoms with van der Waals surface area (Å²) in [5.41, 5.74) is 0. The minimum atomic E-state index is -3.71. The number of hydrogen-bond donors (Lipinski definition) is 2. The van der Waals surface area contributed by atoms with Gasteiger partial charge >= 0.3 is 0 Å². The molecule has 27 heavy (non-hydrogen) atoms. The van der Waals surface area contributed by atoms with Gasteiger partial charge in [0.05, 0.1) is 11.4 Å². The minimum absolute atomic E-state index is 0.0122. The third kappa shape index (κ3) is 5.44. The predicted molar refractivity (Wildman–Crippen MR) is 100 cm³/mol. The first-order valence-electron chi connectivity index (χ1n) is 8.38. The molecule has 0 aliphatic carbocycles. The molecule has 2 rings (SSSR count). The first-order valence-corrected chi connectivity index (χ1v) is 10.2. The Labute approximate surface area is 162 Å². The number of aromatic nitrogens is 3. The van der Waals surface area contributed by atoms with Crippen LogP contribution in [0.25, 0.3) is 0 Å². The Morgan fingerprint density at radius 2 is 2.04 bits per heavy atom. The van der Waals surface area contributed by atoms with Crippen LogP contribution in [0.1, 0.15) is 25.6 Å². The van der Waals surface area contributed by atoms with E-state index < -0.39 is 15.8 Å². The van der Waals surface area contributed by atoms with Crippen molar-refractivity contribution in [2.45, 2.75) is 37.8 Å². The van der Waals surface area contributed by atoms with Crippen molar-refractivity contribution in [1.82, 2.24) is 24.4 Å². The van der Waals surface area contributed by atoms with Crippen LogP contribution in [0.5, 0.6) is 0 Å². The molecular formula is C16H22FN5O3S2. The molecule has 1 heterocycles. The van der Waals surface area contributed by atoms with Gasteiger partial charge in [0.1, 0.15) is 5.82 Å². The largest absolute Gasteiger partial charge is 0.349 e. The second-order valence-corrected chi connectivity index (χ2v) is 8.28. The van der Waals surface area contributed by atoms with Crippen LogP contribution < -0.4 is 5.32 Å². The highest BCUT2D eigenvalue weighted by atomic mass is 32.2. The van der Waals surface area contributed by atoms with Crippen LogP contribution in [0.3, 0.4) is 0 Å². The van der Waals surface area contributed by atoms with Gasteiger partial charge in [-0.05, 0) is 49.8 Å². The van der Waals surface area contributed by atoms with E-state index in [1.807, 2.05) is 6.92 Å². The van der Waals surface area contributed by atoms with Crippen LogP contribution in [0.4, 0.5) is 4.39 Å². The smallest absolute Gasteiger partial charge is 0.242 e. The van der Waals surface area contributed by atoms with Gasteiger partial charge in [-0.15, -0.1) is 0 Å². The Hall–Kier alpha value is -2.11. The highest BCUT2D eigenvalue weighted by Gasteiger charge is 2.20. The van der Waals surface area contributed by atoms with E-state index in [-0.39, 0.29) is 30.3 Å². The number of nitrogens with one attached hydrogen (secondary N) is 2. The number of sulfonamides is 1. The summed E-state index contributed by atoms with van der Waals surface area (Å²) in [7, 11) is -2.28. The Morgan fingerprint density at radius 3 is 2.67 bits per heavy atom. The van der Waals surface area contributed by atoms with Crippen LogP contribution in [0.15, 0.2) is 29.2 Å². The van der Waals surface area contributed by atoms with Gasteiger partial charge in [0, 0.05) is 26.6 Å². The van der Waals surface area contributed by atoms with Gasteiger partial charge in [0.2, 0.25) is 15.9 Å². The summed E-state index contributed by atoms with van der Waals surface area (Å²) in [6.45, 7) is 2.98. The molecule has 1 aromatic heterocycles. The number of amides is 1. The molecule has 1 aromatic carbocycles. The molecule has 0 bridgehead atoms. The Balaban J connectivity index is 1.81. The first-order chi connectivity index (χ1) is 12.8. The van der Waals surface area contributed by atoms with Crippen LogP contribution in [-0.4, -0.2) is 47.0 Å². The molecule has 2 aromatic rings. The zero-order valence-corrected chi connectivity index (χ0v) is 16.7. The van der Waals surface area contributed by atoms with E-state index in [0.29, 0.717) is 23.6 Å². The van der Waals surface area contributed by atoms with Crippen LogP contribution in [0, 0.1) is 10.6 Å². The maximum Gasteiger partial charge on any atom is 0.242 e. The molecule has 0 unspecified atom stereocenters. The van der Waals surface area contributed by atoms with Crippen molar-refractivity contribution in [1.29, 1.82) is 0 Å². The summed E-state index contributed by atoms with van der Waals surface area (Å²) in [6.07, 6.45) is 0.518. The van der Waals surface area contributed by atoms with Crippen molar-refractivity contribution in [3.63, 3.8) is 0 Å². The number of halogens is 1. The maximum absolute atomic E-state index is 12.9. The van der Waals surface area contributed by atoms with Gasteiger partial charge in [-0.1, -0.05) is 0 Å². The summed E-state index contributed by atoms with van der Waals surface area (Å²) in [6, 6.07) is 4.63. The predicted octanol–water partition coefficient (Wildman–Crippen LogP) is 1.82. The molecule has 0 radical (unpaired) electrons. The molecule has 0 aliphatic heterocycles. The van der Waals surface area contributed by atoms with E-state index in [2.05, 4.69) is 15.5 Å². The van der Waals surface area contributed by atoms with Gasteiger partial charge in [0.25, 0.3) is 0 Å².